The van der Waals surface area contributed by atoms with Crippen LogP contribution in [0.2, 0.25) is 5.02 Å². The van der Waals surface area contributed by atoms with Crippen molar-refractivity contribution in [1.82, 2.24) is 4.98 Å². The monoisotopic (exact) mass is 284 g/mol. The van der Waals surface area contributed by atoms with Gasteiger partial charge < -0.3 is 10.4 Å². The molecular weight excluding hydrogens is 272 g/mol. The van der Waals surface area contributed by atoms with Gasteiger partial charge >= 0.3 is 0 Å². The van der Waals surface area contributed by atoms with Gasteiger partial charge in [0.15, 0.2) is 0 Å². The predicted molar refractivity (Wildman–Crippen MR) is 82.2 cm³/mol. The number of hydrogen-bond donors (Lipinski definition) is 2. The van der Waals surface area contributed by atoms with Crippen LogP contribution < -0.4 is 5.32 Å². The molecule has 0 aliphatic rings. The Morgan fingerprint density at radius 3 is 2.85 bits per heavy atom. The fraction of sp³-hybridized carbons (Fsp3) is 0.0625. The first kappa shape index (κ1) is 12.8. The molecule has 4 heteroatoms. The van der Waals surface area contributed by atoms with Gasteiger partial charge in [-0.3, -0.25) is 4.98 Å². The maximum atomic E-state index is 9.86. The number of phenols is 1. The standard InChI is InChI=1S/C16H13ClN2O/c17-14-6-3-5-12(16(14)20)9-18-13-8-11-4-1-2-7-15(11)19-10-13/h1-8,10,18,20H,9H2. The van der Waals surface area contributed by atoms with Crippen molar-refractivity contribution in [3.8, 4) is 5.75 Å². The summed E-state index contributed by atoms with van der Waals surface area (Å²) in [6.45, 7) is 0.492. The molecule has 3 rings (SSSR count). The van der Waals surface area contributed by atoms with Gasteiger partial charge in [-0.2, -0.15) is 0 Å². The predicted octanol–water partition coefficient (Wildman–Crippen LogP) is 4.21. The third-order valence-electron chi connectivity index (χ3n) is 3.14. The van der Waals surface area contributed by atoms with Gasteiger partial charge in [-0.1, -0.05) is 41.9 Å². The van der Waals surface area contributed by atoms with E-state index < -0.39 is 0 Å². The zero-order chi connectivity index (χ0) is 13.9. The van der Waals surface area contributed by atoms with Crippen molar-refractivity contribution in [2.24, 2.45) is 0 Å². The van der Waals surface area contributed by atoms with Gasteiger partial charge in [-0.25, -0.2) is 0 Å². The first-order valence-corrected chi connectivity index (χ1v) is 6.67. The van der Waals surface area contributed by atoms with Crippen molar-refractivity contribution in [3.05, 3.63) is 65.3 Å². The Kier molecular flexibility index (Phi) is 3.44. The van der Waals surface area contributed by atoms with Crippen LogP contribution in [0.25, 0.3) is 10.9 Å². The molecule has 0 aliphatic carbocycles. The lowest BCUT2D eigenvalue weighted by Gasteiger charge is -2.09. The Labute approximate surface area is 121 Å². The van der Waals surface area contributed by atoms with Gasteiger partial charge in [0.25, 0.3) is 0 Å². The van der Waals surface area contributed by atoms with Crippen molar-refractivity contribution in [3.63, 3.8) is 0 Å². The fourth-order valence-corrected chi connectivity index (χ4v) is 2.26. The maximum Gasteiger partial charge on any atom is 0.139 e. The van der Waals surface area contributed by atoms with E-state index in [0.717, 1.165) is 22.2 Å². The number of phenolic OH excluding ortho intramolecular Hbond substituents is 1. The lowest BCUT2D eigenvalue weighted by molar-refractivity contribution is 0.469. The van der Waals surface area contributed by atoms with Gasteiger partial charge in [0.05, 0.1) is 22.4 Å². The van der Waals surface area contributed by atoms with Crippen molar-refractivity contribution in [2.75, 3.05) is 5.32 Å². The van der Waals surface area contributed by atoms with Crippen LogP contribution in [-0.4, -0.2) is 10.1 Å². The van der Waals surface area contributed by atoms with Crippen LogP contribution in [0.5, 0.6) is 5.75 Å². The summed E-state index contributed by atoms with van der Waals surface area (Å²) in [5.41, 5.74) is 2.62. The average molecular weight is 285 g/mol. The van der Waals surface area contributed by atoms with E-state index in [-0.39, 0.29) is 5.75 Å². The van der Waals surface area contributed by atoms with E-state index in [1.807, 2.05) is 42.5 Å². The van der Waals surface area contributed by atoms with E-state index in [9.17, 15) is 5.11 Å². The average Bonchev–Trinajstić information content (AvgIpc) is 2.48. The molecule has 0 spiro atoms. The summed E-state index contributed by atoms with van der Waals surface area (Å²) in [5.74, 6) is 0.121. The van der Waals surface area contributed by atoms with Crippen LogP contribution >= 0.6 is 11.6 Å². The van der Waals surface area contributed by atoms with E-state index in [0.29, 0.717) is 11.6 Å². The molecule has 0 radical (unpaired) electrons. The van der Waals surface area contributed by atoms with Crippen LogP contribution in [-0.2, 0) is 6.54 Å². The lowest BCUT2D eigenvalue weighted by Crippen LogP contribution is -2.00. The third kappa shape index (κ3) is 2.53. The second kappa shape index (κ2) is 5.39. The summed E-state index contributed by atoms with van der Waals surface area (Å²) < 4.78 is 0. The first-order chi connectivity index (χ1) is 9.74. The van der Waals surface area contributed by atoms with Gasteiger partial charge in [0, 0.05) is 17.5 Å². The van der Waals surface area contributed by atoms with Crippen molar-refractivity contribution in [1.29, 1.82) is 0 Å². The quantitative estimate of drug-likeness (QED) is 0.757. The number of hydrogen-bond acceptors (Lipinski definition) is 3. The van der Waals surface area contributed by atoms with Gasteiger partial charge in [-0.15, -0.1) is 0 Å². The second-order valence-corrected chi connectivity index (χ2v) is 4.93. The molecule has 0 fully saturated rings. The SMILES string of the molecule is Oc1c(Cl)cccc1CNc1cnc2ccccc2c1. The highest BCUT2D eigenvalue weighted by Gasteiger charge is 2.05. The number of aromatic nitrogens is 1. The highest BCUT2D eigenvalue weighted by molar-refractivity contribution is 6.32. The molecule has 3 aromatic rings. The minimum absolute atomic E-state index is 0.121. The molecule has 0 unspecified atom stereocenters. The molecule has 100 valence electrons. The minimum atomic E-state index is 0.121. The smallest absolute Gasteiger partial charge is 0.139 e. The van der Waals surface area contributed by atoms with E-state index in [4.69, 9.17) is 11.6 Å². The van der Waals surface area contributed by atoms with Crippen LogP contribution in [0.15, 0.2) is 54.7 Å². The zero-order valence-corrected chi connectivity index (χ0v) is 11.4. The topological polar surface area (TPSA) is 45.1 Å². The highest BCUT2D eigenvalue weighted by atomic mass is 35.5. The van der Waals surface area contributed by atoms with E-state index in [1.165, 1.54) is 0 Å². The lowest BCUT2D eigenvalue weighted by atomic mass is 10.2. The molecule has 3 nitrogen and oxygen atoms in total. The number of halogens is 1. The molecule has 0 saturated carbocycles. The summed E-state index contributed by atoms with van der Waals surface area (Å²) in [4.78, 5) is 4.38. The Hall–Kier alpha value is -2.26. The minimum Gasteiger partial charge on any atom is -0.506 e. The molecule has 2 N–H and O–H groups in total. The normalized spacial score (nSPS) is 10.7. The molecule has 0 saturated heterocycles. The summed E-state index contributed by atoms with van der Waals surface area (Å²) in [7, 11) is 0. The number of fused-ring (bicyclic) bond motifs is 1. The molecule has 0 atom stereocenters. The van der Waals surface area contributed by atoms with Crippen molar-refractivity contribution < 1.29 is 5.11 Å². The molecule has 1 aromatic heterocycles. The molecular formula is C16H13ClN2O. The Morgan fingerprint density at radius 1 is 1.10 bits per heavy atom. The summed E-state index contributed by atoms with van der Waals surface area (Å²) >= 11 is 5.88. The fourth-order valence-electron chi connectivity index (χ4n) is 2.07. The van der Waals surface area contributed by atoms with Gasteiger partial charge in [-0.05, 0) is 18.2 Å². The molecule has 1 heterocycles. The Balaban J connectivity index is 1.81. The second-order valence-electron chi connectivity index (χ2n) is 4.52. The molecule has 0 amide bonds. The number of pyridine rings is 1. The largest absolute Gasteiger partial charge is 0.506 e. The summed E-state index contributed by atoms with van der Waals surface area (Å²) in [6, 6.07) is 15.3. The molecule has 20 heavy (non-hydrogen) atoms. The molecule has 0 aliphatic heterocycles. The number of benzene rings is 2. The van der Waals surface area contributed by atoms with Crippen LogP contribution in [0, 0.1) is 0 Å². The Morgan fingerprint density at radius 2 is 1.95 bits per heavy atom. The van der Waals surface area contributed by atoms with Crippen LogP contribution in [0.1, 0.15) is 5.56 Å². The number of rotatable bonds is 3. The number of para-hydroxylation sites is 2. The summed E-state index contributed by atoms with van der Waals surface area (Å²) in [5, 5.41) is 14.5. The van der Waals surface area contributed by atoms with Crippen LogP contribution in [0.3, 0.4) is 0 Å². The van der Waals surface area contributed by atoms with Crippen molar-refractivity contribution in [2.45, 2.75) is 6.54 Å². The molecule has 2 aromatic carbocycles. The summed E-state index contributed by atoms with van der Waals surface area (Å²) in [6.07, 6.45) is 1.78. The number of anilines is 1. The third-order valence-corrected chi connectivity index (χ3v) is 3.45. The maximum absolute atomic E-state index is 9.86. The van der Waals surface area contributed by atoms with E-state index in [2.05, 4.69) is 10.3 Å². The van der Waals surface area contributed by atoms with E-state index >= 15 is 0 Å². The van der Waals surface area contributed by atoms with E-state index in [1.54, 1.807) is 12.3 Å². The highest BCUT2D eigenvalue weighted by Crippen LogP contribution is 2.27. The molecule has 0 bridgehead atoms. The van der Waals surface area contributed by atoms with Crippen molar-refractivity contribution >= 4 is 28.2 Å². The number of aromatic hydroxyl groups is 1. The zero-order valence-electron chi connectivity index (χ0n) is 10.7. The number of nitrogens with one attached hydrogen (secondary N) is 1. The number of nitrogens with zero attached hydrogens (tertiary/aromatic N) is 1. The Bertz CT molecular complexity index is 758. The van der Waals surface area contributed by atoms with Gasteiger partial charge in [0.1, 0.15) is 5.75 Å². The van der Waals surface area contributed by atoms with Crippen LogP contribution in [0.4, 0.5) is 5.69 Å². The van der Waals surface area contributed by atoms with Gasteiger partial charge in [0.2, 0.25) is 0 Å². The first-order valence-electron chi connectivity index (χ1n) is 6.29.